The fraction of sp³-hybridized carbons (Fsp3) is 0.0732. The van der Waals surface area contributed by atoms with Crippen LogP contribution in [0, 0.1) is 0 Å². The summed E-state index contributed by atoms with van der Waals surface area (Å²) in [6.07, 6.45) is 0. The van der Waals surface area contributed by atoms with Crippen molar-refractivity contribution < 1.29 is 4.42 Å². The lowest BCUT2D eigenvalue weighted by Crippen LogP contribution is -2.14. The van der Waals surface area contributed by atoms with Crippen LogP contribution in [0.25, 0.3) is 83.0 Å². The van der Waals surface area contributed by atoms with Crippen LogP contribution in [0.5, 0.6) is 0 Å². The Balaban J connectivity index is 1.36. The van der Waals surface area contributed by atoms with Gasteiger partial charge in [0, 0.05) is 27.1 Å². The molecule has 0 aliphatic heterocycles. The van der Waals surface area contributed by atoms with E-state index >= 15 is 0 Å². The minimum Gasteiger partial charge on any atom is -0.452 e. The number of rotatable bonds is 2. The summed E-state index contributed by atoms with van der Waals surface area (Å²) in [6.45, 7) is 4.62. The van der Waals surface area contributed by atoms with Gasteiger partial charge in [0.2, 0.25) is 5.95 Å². The number of fused-ring (bicyclic) bond motifs is 10. The van der Waals surface area contributed by atoms with Gasteiger partial charge >= 0.3 is 0 Å². The first kappa shape index (κ1) is 24.7. The summed E-state index contributed by atoms with van der Waals surface area (Å²) in [5.41, 5.74) is 11.3. The van der Waals surface area contributed by atoms with Crippen molar-refractivity contribution in [2.75, 3.05) is 0 Å². The minimum absolute atomic E-state index is 0.126. The first-order valence-corrected chi connectivity index (χ1v) is 15.4. The van der Waals surface area contributed by atoms with Gasteiger partial charge in [0.1, 0.15) is 16.8 Å². The van der Waals surface area contributed by atoms with Gasteiger partial charge in [-0.05, 0) is 63.4 Å². The number of furan rings is 1. The highest BCUT2D eigenvalue weighted by atomic mass is 16.3. The maximum atomic E-state index is 6.61. The van der Waals surface area contributed by atoms with Gasteiger partial charge in [-0.2, -0.15) is 0 Å². The van der Waals surface area contributed by atoms with E-state index in [1.807, 2.05) is 18.2 Å². The molecule has 212 valence electrons. The van der Waals surface area contributed by atoms with Crippen molar-refractivity contribution >= 4 is 54.6 Å². The van der Waals surface area contributed by atoms with Crippen molar-refractivity contribution in [3.8, 4) is 28.3 Å². The molecule has 4 heteroatoms. The molecule has 0 saturated heterocycles. The lowest BCUT2D eigenvalue weighted by atomic mass is 9.82. The zero-order valence-corrected chi connectivity index (χ0v) is 24.9. The Bertz CT molecular complexity index is 2690. The predicted octanol–water partition coefficient (Wildman–Crippen LogP) is 10.6. The molecule has 1 aliphatic rings. The minimum atomic E-state index is -0.126. The van der Waals surface area contributed by atoms with Crippen LogP contribution in [0.1, 0.15) is 25.0 Å². The molecule has 9 aromatic rings. The van der Waals surface area contributed by atoms with E-state index in [0.717, 1.165) is 38.8 Å². The van der Waals surface area contributed by atoms with E-state index in [1.54, 1.807) is 0 Å². The SMILES string of the molecule is CC1(C)c2ccccc2-c2c(-c3nc(-n4c5ccccc5c5cc6ccccc6cc54)nc4c3oc3ccccc34)cccc21. The van der Waals surface area contributed by atoms with Crippen LogP contribution in [-0.4, -0.2) is 14.5 Å². The van der Waals surface area contributed by atoms with E-state index in [0.29, 0.717) is 11.5 Å². The van der Waals surface area contributed by atoms with Crippen LogP contribution in [-0.2, 0) is 5.41 Å². The summed E-state index contributed by atoms with van der Waals surface area (Å²) < 4.78 is 8.83. The van der Waals surface area contributed by atoms with Gasteiger partial charge in [0.25, 0.3) is 0 Å². The quantitative estimate of drug-likeness (QED) is 0.205. The molecule has 0 bridgehead atoms. The Morgan fingerprint density at radius 2 is 1.27 bits per heavy atom. The Morgan fingerprint density at radius 3 is 2.16 bits per heavy atom. The van der Waals surface area contributed by atoms with E-state index < -0.39 is 0 Å². The molecule has 0 radical (unpaired) electrons. The van der Waals surface area contributed by atoms with Crippen LogP contribution in [0.3, 0.4) is 0 Å². The molecule has 0 unspecified atom stereocenters. The lowest BCUT2D eigenvalue weighted by molar-refractivity contribution is 0.660. The molecule has 0 amide bonds. The molecule has 6 aromatic carbocycles. The number of para-hydroxylation sites is 2. The average molecular weight is 578 g/mol. The molecule has 10 rings (SSSR count). The first-order valence-electron chi connectivity index (χ1n) is 15.4. The lowest BCUT2D eigenvalue weighted by Gasteiger charge is -2.21. The maximum Gasteiger partial charge on any atom is 0.236 e. The monoisotopic (exact) mass is 577 g/mol. The molecule has 0 N–H and O–H groups in total. The van der Waals surface area contributed by atoms with E-state index in [-0.39, 0.29) is 5.41 Å². The van der Waals surface area contributed by atoms with E-state index in [4.69, 9.17) is 14.4 Å². The summed E-state index contributed by atoms with van der Waals surface area (Å²) in [5.74, 6) is 0.633. The number of hydrogen-bond acceptors (Lipinski definition) is 3. The number of aromatic nitrogens is 3. The largest absolute Gasteiger partial charge is 0.452 e. The molecular weight excluding hydrogens is 550 g/mol. The molecule has 0 saturated carbocycles. The second-order valence-corrected chi connectivity index (χ2v) is 12.6. The summed E-state index contributed by atoms with van der Waals surface area (Å²) in [6, 6.07) is 45.2. The Labute approximate surface area is 259 Å². The topological polar surface area (TPSA) is 43.9 Å². The Morgan fingerprint density at radius 1 is 0.578 bits per heavy atom. The summed E-state index contributed by atoms with van der Waals surface area (Å²) >= 11 is 0. The highest BCUT2D eigenvalue weighted by molar-refractivity contribution is 6.14. The highest BCUT2D eigenvalue weighted by Crippen LogP contribution is 2.52. The summed E-state index contributed by atoms with van der Waals surface area (Å²) in [7, 11) is 0. The second kappa shape index (κ2) is 8.67. The van der Waals surface area contributed by atoms with Gasteiger partial charge in [-0.15, -0.1) is 0 Å². The van der Waals surface area contributed by atoms with Crippen LogP contribution in [0.4, 0.5) is 0 Å². The van der Waals surface area contributed by atoms with Gasteiger partial charge in [-0.1, -0.05) is 111 Å². The predicted molar refractivity (Wildman–Crippen MR) is 184 cm³/mol. The van der Waals surface area contributed by atoms with Crippen LogP contribution >= 0.6 is 0 Å². The van der Waals surface area contributed by atoms with E-state index in [1.165, 1.54) is 43.8 Å². The van der Waals surface area contributed by atoms with Gasteiger partial charge in [-0.25, -0.2) is 9.97 Å². The van der Waals surface area contributed by atoms with Crippen LogP contribution in [0.15, 0.2) is 132 Å². The van der Waals surface area contributed by atoms with Crippen LogP contribution in [0.2, 0.25) is 0 Å². The Kier molecular flexibility index (Phi) is 4.76. The van der Waals surface area contributed by atoms with Crippen molar-refractivity contribution in [2.45, 2.75) is 19.3 Å². The number of hydrogen-bond donors (Lipinski definition) is 0. The van der Waals surface area contributed by atoms with Crippen molar-refractivity contribution in [1.82, 2.24) is 14.5 Å². The van der Waals surface area contributed by atoms with Crippen molar-refractivity contribution in [3.63, 3.8) is 0 Å². The molecule has 0 atom stereocenters. The standard InChI is InChI=1S/C41H27N3O/c1-41(2)31-18-8-5-15-27(31)36-29(17-11-19-32(36)41)38-39-37(28-16-7-10-21-35(28)45-39)42-40(43-38)44-33-20-9-6-14-26(33)30-22-24-12-3-4-13-25(24)23-34(30)44/h3-23H,1-2H3. The fourth-order valence-corrected chi connectivity index (χ4v) is 7.68. The summed E-state index contributed by atoms with van der Waals surface area (Å²) in [4.78, 5) is 10.7. The van der Waals surface area contributed by atoms with Gasteiger partial charge < -0.3 is 4.42 Å². The molecule has 45 heavy (non-hydrogen) atoms. The maximum absolute atomic E-state index is 6.61. The normalized spacial score (nSPS) is 13.7. The molecule has 3 aromatic heterocycles. The molecular formula is C41H27N3O. The second-order valence-electron chi connectivity index (χ2n) is 12.6. The number of nitrogens with zero attached hydrogens (tertiary/aromatic N) is 3. The number of benzene rings is 6. The Hall–Kier alpha value is -5.74. The zero-order chi connectivity index (χ0) is 29.9. The van der Waals surface area contributed by atoms with Crippen molar-refractivity contribution in [2.24, 2.45) is 0 Å². The zero-order valence-electron chi connectivity index (χ0n) is 24.9. The summed E-state index contributed by atoms with van der Waals surface area (Å²) in [5, 5.41) is 5.74. The smallest absolute Gasteiger partial charge is 0.236 e. The molecule has 0 fully saturated rings. The highest BCUT2D eigenvalue weighted by Gasteiger charge is 2.37. The van der Waals surface area contributed by atoms with Crippen molar-refractivity contribution in [3.05, 3.63) is 139 Å². The fourth-order valence-electron chi connectivity index (χ4n) is 7.68. The first-order chi connectivity index (χ1) is 22.1. The van der Waals surface area contributed by atoms with E-state index in [9.17, 15) is 0 Å². The third-order valence-corrected chi connectivity index (χ3v) is 9.81. The third kappa shape index (κ3) is 3.26. The molecule has 3 heterocycles. The van der Waals surface area contributed by atoms with Gasteiger partial charge in [0.05, 0.1) is 11.0 Å². The van der Waals surface area contributed by atoms with Gasteiger partial charge in [0.15, 0.2) is 5.58 Å². The molecule has 1 aliphatic carbocycles. The molecule has 4 nitrogen and oxygen atoms in total. The third-order valence-electron chi connectivity index (χ3n) is 9.81. The van der Waals surface area contributed by atoms with E-state index in [2.05, 4.69) is 128 Å². The molecule has 0 spiro atoms. The van der Waals surface area contributed by atoms with Gasteiger partial charge in [-0.3, -0.25) is 4.57 Å². The van der Waals surface area contributed by atoms with Crippen molar-refractivity contribution in [1.29, 1.82) is 0 Å². The average Bonchev–Trinajstić information content (AvgIpc) is 3.69. The van der Waals surface area contributed by atoms with Crippen LogP contribution < -0.4 is 0 Å².